The van der Waals surface area contributed by atoms with Crippen LogP contribution in [-0.2, 0) is 6.42 Å². The monoisotopic (exact) mass is 451 g/mol. The predicted molar refractivity (Wildman–Crippen MR) is 101 cm³/mol. The third-order valence-electron chi connectivity index (χ3n) is 5.72. The Kier molecular flexibility index (Phi) is 6.92. The molecule has 0 spiro atoms. The highest BCUT2D eigenvalue weighted by atomic mass is 127. The largest absolute Gasteiger partial charge is 1.00 e. The zero-order valence-corrected chi connectivity index (χ0v) is 17.8. The number of nitrogens with zero attached hydrogens (tertiary/aromatic N) is 1. The number of hydrogen-bond donors (Lipinski definition) is 1. The Bertz CT molecular complexity index is 711. The van der Waals surface area contributed by atoms with E-state index >= 15 is 0 Å². The van der Waals surface area contributed by atoms with Gasteiger partial charge in [-0.2, -0.15) is 0 Å². The van der Waals surface area contributed by atoms with E-state index in [9.17, 15) is 5.11 Å². The molecule has 1 atom stereocenters. The quantitative estimate of drug-likeness (QED) is 0.557. The molecule has 0 radical (unpaired) electrons. The Morgan fingerprint density at radius 1 is 1.04 bits per heavy atom. The minimum absolute atomic E-state index is 0. The van der Waals surface area contributed by atoms with Gasteiger partial charge in [-0.15, -0.1) is 0 Å². The van der Waals surface area contributed by atoms with Crippen LogP contribution in [0, 0.1) is 6.92 Å². The van der Waals surface area contributed by atoms with Gasteiger partial charge in [0.15, 0.2) is 0 Å². The van der Waals surface area contributed by atoms with Gasteiger partial charge >= 0.3 is 0 Å². The van der Waals surface area contributed by atoms with E-state index in [1.165, 1.54) is 48.9 Å². The van der Waals surface area contributed by atoms with Gasteiger partial charge in [0.05, 0.1) is 26.7 Å². The maximum Gasteiger partial charge on any atom is 0.123 e. The van der Waals surface area contributed by atoms with Gasteiger partial charge in [0, 0.05) is 12.0 Å². The van der Waals surface area contributed by atoms with Crippen molar-refractivity contribution in [3.05, 3.63) is 53.6 Å². The molecular formula is C22H30INO. The van der Waals surface area contributed by atoms with Crippen LogP contribution in [0.2, 0.25) is 0 Å². The zero-order chi connectivity index (χ0) is 17.2. The number of hydrogen-bond acceptors (Lipinski definition) is 1. The standard InChI is InChI=1S/C22H29NO.HI/c1-17-11-14-22(24)21(16-17)20-10-5-4-8-18(20)12-13-19-9-6-7-15-23(19,2)3;/h4-5,8,10-11,14,16,19H,6-7,9,12-13,15H2,1-3H3;1H. The molecule has 1 saturated heterocycles. The minimum atomic E-state index is 0. The van der Waals surface area contributed by atoms with Crippen LogP contribution in [0.4, 0.5) is 0 Å². The Morgan fingerprint density at radius 3 is 2.56 bits per heavy atom. The first-order chi connectivity index (χ1) is 11.5. The van der Waals surface area contributed by atoms with Crippen LogP contribution in [0.25, 0.3) is 11.1 Å². The normalized spacial score (nSPS) is 19.2. The third-order valence-corrected chi connectivity index (χ3v) is 5.72. The smallest absolute Gasteiger partial charge is 0.123 e. The van der Waals surface area contributed by atoms with Crippen molar-refractivity contribution in [1.29, 1.82) is 0 Å². The van der Waals surface area contributed by atoms with Crippen molar-refractivity contribution in [1.82, 2.24) is 0 Å². The van der Waals surface area contributed by atoms with E-state index < -0.39 is 0 Å². The molecule has 1 fully saturated rings. The van der Waals surface area contributed by atoms with Gasteiger partial charge in [-0.05, 0) is 55.9 Å². The average molecular weight is 451 g/mol. The number of halogens is 1. The molecule has 0 saturated carbocycles. The summed E-state index contributed by atoms with van der Waals surface area (Å²) in [6.07, 6.45) is 6.36. The zero-order valence-electron chi connectivity index (χ0n) is 15.6. The summed E-state index contributed by atoms with van der Waals surface area (Å²) in [5.74, 6) is 0.377. The second kappa shape index (κ2) is 8.54. The molecule has 3 heteroatoms. The molecular weight excluding hydrogens is 421 g/mol. The summed E-state index contributed by atoms with van der Waals surface area (Å²) < 4.78 is 1.15. The lowest BCUT2D eigenvalue weighted by Gasteiger charge is -2.42. The Labute approximate surface area is 169 Å². The molecule has 1 aliphatic rings. The van der Waals surface area contributed by atoms with E-state index in [2.05, 4.69) is 51.4 Å². The maximum atomic E-state index is 10.3. The summed E-state index contributed by atoms with van der Waals surface area (Å²) in [6, 6.07) is 15.2. The van der Waals surface area contributed by atoms with Crippen LogP contribution in [0.1, 0.15) is 36.8 Å². The predicted octanol–water partition coefficient (Wildman–Crippen LogP) is 1.93. The van der Waals surface area contributed by atoms with Crippen molar-refractivity contribution >= 4 is 0 Å². The summed E-state index contributed by atoms with van der Waals surface area (Å²) in [4.78, 5) is 0. The number of aromatic hydroxyl groups is 1. The molecule has 1 heterocycles. The molecule has 2 aromatic rings. The summed E-state index contributed by atoms with van der Waals surface area (Å²) in [6.45, 7) is 3.37. The second-order valence-electron chi connectivity index (χ2n) is 7.87. The van der Waals surface area contributed by atoms with Crippen molar-refractivity contribution in [3.8, 4) is 16.9 Å². The highest BCUT2D eigenvalue weighted by Gasteiger charge is 2.31. The lowest BCUT2D eigenvalue weighted by atomic mass is 9.90. The number of phenolic OH excluding ortho intramolecular Hbond substituents is 1. The first kappa shape index (κ1) is 20.2. The number of phenols is 1. The van der Waals surface area contributed by atoms with Crippen molar-refractivity contribution in [3.63, 3.8) is 0 Å². The topological polar surface area (TPSA) is 20.2 Å². The van der Waals surface area contributed by atoms with Crippen molar-refractivity contribution in [2.45, 2.75) is 45.1 Å². The molecule has 0 bridgehead atoms. The van der Waals surface area contributed by atoms with Crippen molar-refractivity contribution < 1.29 is 33.6 Å². The molecule has 3 rings (SSSR count). The fourth-order valence-electron chi connectivity index (χ4n) is 4.11. The highest BCUT2D eigenvalue weighted by Crippen LogP contribution is 2.34. The van der Waals surface area contributed by atoms with Crippen molar-refractivity contribution in [2.24, 2.45) is 0 Å². The van der Waals surface area contributed by atoms with Gasteiger partial charge < -0.3 is 33.6 Å². The van der Waals surface area contributed by atoms with Gasteiger partial charge in [-0.25, -0.2) is 0 Å². The van der Waals surface area contributed by atoms with E-state index in [0.717, 1.165) is 22.5 Å². The molecule has 2 nitrogen and oxygen atoms in total. The average Bonchev–Trinajstić information content (AvgIpc) is 2.56. The van der Waals surface area contributed by atoms with Crippen LogP contribution in [-0.4, -0.2) is 36.3 Å². The second-order valence-corrected chi connectivity index (χ2v) is 7.87. The molecule has 0 amide bonds. The van der Waals surface area contributed by atoms with Gasteiger partial charge in [0.2, 0.25) is 0 Å². The molecule has 1 N–H and O–H groups in total. The highest BCUT2D eigenvalue weighted by molar-refractivity contribution is 5.73. The number of quaternary nitrogens is 1. The minimum Gasteiger partial charge on any atom is -1.00 e. The van der Waals surface area contributed by atoms with Gasteiger partial charge in [0.25, 0.3) is 0 Å². The van der Waals surface area contributed by atoms with E-state index in [0.29, 0.717) is 5.75 Å². The van der Waals surface area contributed by atoms with Crippen LogP contribution < -0.4 is 24.0 Å². The fourth-order valence-corrected chi connectivity index (χ4v) is 4.11. The summed E-state index contributed by atoms with van der Waals surface area (Å²) in [5.41, 5.74) is 4.68. The van der Waals surface area contributed by atoms with Crippen LogP contribution in [0.5, 0.6) is 5.75 Å². The lowest BCUT2D eigenvalue weighted by Crippen LogP contribution is -3.00. The molecule has 0 aromatic heterocycles. The number of piperidine rings is 1. The van der Waals surface area contributed by atoms with Crippen LogP contribution in [0.3, 0.4) is 0 Å². The van der Waals surface area contributed by atoms with Gasteiger partial charge in [0.1, 0.15) is 5.75 Å². The van der Waals surface area contributed by atoms with E-state index in [1.807, 2.05) is 12.1 Å². The molecule has 2 aromatic carbocycles. The van der Waals surface area contributed by atoms with Crippen LogP contribution in [0.15, 0.2) is 42.5 Å². The number of likely N-dealkylation sites (tertiary alicyclic amines) is 1. The van der Waals surface area contributed by atoms with E-state index in [-0.39, 0.29) is 24.0 Å². The number of benzene rings is 2. The van der Waals surface area contributed by atoms with Gasteiger partial charge in [-0.3, -0.25) is 0 Å². The number of aryl methyl sites for hydroxylation is 2. The Hall–Kier alpha value is -1.07. The summed E-state index contributed by atoms with van der Waals surface area (Å²) in [7, 11) is 4.75. The Morgan fingerprint density at radius 2 is 1.80 bits per heavy atom. The fraction of sp³-hybridized carbons (Fsp3) is 0.455. The maximum absolute atomic E-state index is 10.3. The lowest BCUT2D eigenvalue weighted by molar-refractivity contribution is -0.920. The number of rotatable bonds is 4. The summed E-state index contributed by atoms with van der Waals surface area (Å²) >= 11 is 0. The molecule has 0 aliphatic carbocycles. The van der Waals surface area contributed by atoms with Gasteiger partial charge in [-0.1, -0.05) is 35.9 Å². The Balaban J connectivity index is 0.00000225. The molecule has 1 aliphatic heterocycles. The summed E-state index contributed by atoms with van der Waals surface area (Å²) in [5, 5.41) is 10.3. The SMILES string of the molecule is Cc1ccc(O)c(-c2ccccc2CCC2CCCC[N+]2(C)C)c1.[I-]. The first-order valence-electron chi connectivity index (χ1n) is 9.18. The molecule has 136 valence electrons. The van der Waals surface area contributed by atoms with Crippen LogP contribution >= 0.6 is 0 Å². The van der Waals surface area contributed by atoms with E-state index in [4.69, 9.17) is 0 Å². The van der Waals surface area contributed by atoms with Crippen molar-refractivity contribution in [2.75, 3.05) is 20.6 Å². The third kappa shape index (κ3) is 4.76. The molecule has 25 heavy (non-hydrogen) atoms. The first-order valence-corrected chi connectivity index (χ1v) is 9.18. The van der Waals surface area contributed by atoms with E-state index in [1.54, 1.807) is 0 Å². The molecule has 1 unspecified atom stereocenters.